The maximum Gasteiger partial charge on any atom is 0.167 e. The minimum atomic E-state index is -0.602. The third kappa shape index (κ3) is 2.89. The second-order valence-corrected chi connectivity index (χ2v) is 5.72. The Labute approximate surface area is 131 Å². The number of halogens is 3. The van der Waals surface area contributed by atoms with Gasteiger partial charge in [-0.25, -0.2) is 4.39 Å². The quantitative estimate of drug-likeness (QED) is 0.777. The number of carbonyl (C=O) groups is 1. The molecule has 0 amide bonds. The smallest absolute Gasteiger partial charge is 0.167 e. The Morgan fingerprint density at radius 2 is 2.05 bits per heavy atom. The van der Waals surface area contributed by atoms with Crippen molar-refractivity contribution in [3.8, 4) is 5.75 Å². The highest BCUT2D eigenvalue weighted by Crippen LogP contribution is 2.33. The van der Waals surface area contributed by atoms with Crippen LogP contribution in [-0.2, 0) is 12.8 Å². The Morgan fingerprint density at radius 1 is 1.24 bits per heavy atom. The van der Waals surface area contributed by atoms with Crippen LogP contribution in [0.5, 0.6) is 5.75 Å². The van der Waals surface area contributed by atoms with Crippen molar-refractivity contribution in [1.82, 2.24) is 0 Å². The largest absolute Gasteiger partial charge is 0.493 e. The zero-order valence-corrected chi connectivity index (χ0v) is 12.5. The molecule has 0 aliphatic carbocycles. The van der Waals surface area contributed by atoms with Crippen LogP contribution < -0.4 is 4.74 Å². The average molecular weight is 325 g/mol. The van der Waals surface area contributed by atoms with E-state index in [1.165, 1.54) is 12.1 Å². The number of fused-ring (bicyclic) bond motifs is 1. The van der Waals surface area contributed by atoms with Crippen LogP contribution in [0.3, 0.4) is 0 Å². The maximum atomic E-state index is 13.4. The number of rotatable bonds is 3. The van der Waals surface area contributed by atoms with Crippen LogP contribution in [0.25, 0.3) is 0 Å². The number of benzene rings is 2. The van der Waals surface area contributed by atoms with Gasteiger partial charge in [0, 0.05) is 29.0 Å². The van der Waals surface area contributed by atoms with E-state index in [-0.39, 0.29) is 22.8 Å². The lowest BCUT2D eigenvalue weighted by Crippen LogP contribution is -2.05. The molecule has 5 heteroatoms. The highest BCUT2D eigenvalue weighted by molar-refractivity contribution is 6.31. The minimum absolute atomic E-state index is 0.00136. The van der Waals surface area contributed by atoms with E-state index < -0.39 is 5.82 Å². The van der Waals surface area contributed by atoms with Crippen molar-refractivity contribution in [2.24, 2.45) is 0 Å². The SMILES string of the molecule is O=C(Cc1cc(Cl)cc2c1OCC2)c1ccc(Cl)c(F)c1. The van der Waals surface area contributed by atoms with Gasteiger partial charge in [-0.15, -0.1) is 0 Å². The van der Waals surface area contributed by atoms with Crippen LogP contribution in [0.1, 0.15) is 21.5 Å². The molecule has 3 rings (SSSR count). The van der Waals surface area contributed by atoms with Crippen LogP contribution in [0.15, 0.2) is 30.3 Å². The van der Waals surface area contributed by atoms with Crippen molar-refractivity contribution in [2.45, 2.75) is 12.8 Å². The van der Waals surface area contributed by atoms with Crippen LogP contribution in [0, 0.1) is 5.82 Å². The Balaban J connectivity index is 1.90. The fraction of sp³-hybridized carbons (Fsp3) is 0.188. The second kappa shape index (κ2) is 5.66. The lowest BCUT2D eigenvalue weighted by molar-refractivity contribution is 0.0991. The summed E-state index contributed by atoms with van der Waals surface area (Å²) in [5.74, 6) is -0.0807. The van der Waals surface area contributed by atoms with E-state index in [9.17, 15) is 9.18 Å². The molecule has 1 aliphatic heterocycles. The van der Waals surface area contributed by atoms with E-state index in [1.807, 2.05) is 6.07 Å². The van der Waals surface area contributed by atoms with Gasteiger partial charge in [0.1, 0.15) is 11.6 Å². The van der Waals surface area contributed by atoms with Crippen LogP contribution in [0.2, 0.25) is 10.0 Å². The normalized spacial score (nSPS) is 12.9. The predicted molar refractivity (Wildman–Crippen MR) is 80.1 cm³/mol. The van der Waals surface area contributed by atoms with Gasteiger partial charge >= 0.3 is 0 Å². The standard InChI is InChI=1S/C16H11Cl2FO2/c17-12-5-10-3-4-21-16(10)11(6-12)8-15(20)9-1-2-13(18)14(19)7-9/h1-2,5-7H,3-4,8H2. The predicted octanol–water partition coefficient (Wildman–Crippen LogP) is 4.49. The molecule has 0 atom stereocenters. The van der Waals surface area contributed by atoms with Crippen molar-refractivity contribution >= 4 is 29.0 Å². The van der Waals surface area contributed by atoms with Gasteiger partial charge in [-0.3, -0.25) is 4.79 Å². The van der Waals surface area contributed by atoms with Gasteiger partial charge in [0.2, 0.25) is 0 Å². The molecule has 21 heavy (non-hydrogen) atoms. The van der Waals surface area contributed by atoms with Gasteiger partial charge in [0.25, 0.3) is 0 Å². The molecule has 0 saturated heterocycles. The van der Waals surface area contributed by atoms with Crippen LogP contribution >= 0.6 is 23.2 Å². The lowest BCUT2D eigenvalue weighted by Gasteiger charge is -2.09. The van der Waals surface area contributed by atoms with E-state index >= 15 is 0 Å². The molecule has 0 bridgehead atoms. The first-order valence-corrected chi connectivity index (χ1v) is 7.22. The Kier molecular flexibility index (Phi) is 3.87. The Bertz CT molecular complexity index is 728. The van der Waals surface area contributed by atoms with E-state index in [4.69, 9.17) is 27.9 Å². The fourth-order valence-corrected chi connectivity index (χ4v) is 2.80. The van der Waals surface area contributed by atoms with Crippen molar-refractivity contribution in [3.05, 3.63) is 62.9 Å². The highest BCUT2D eigenvalue weighted by atomic mass is 35.5. The summed E-state index contributed by atoms with van der Waals surface area (Å²) in [5, 5.41) is 0.572. The first-order valence-electron chi connectivity index (χ1n) is 6.47. The molecule has 2 nitrogen and oxygen atoms in total. The molecular formula is C16H11Cl2FO2. The van der Waals surface area contributed by atoms with E-state index in [1.54, 1.807) is 6.07 Å². The third-order valence-electron chi connectivity index (χ3n) is 3.42. The van der Waals surface area contributed by atoms with Crippen molar-refractivity contribution < 1.29 is 13.9 Å². The molecule has 1 heterocycles. The molecule has 1 aliphatic rings. The van der Waals surface area contributed by atoms with Crippen molar-refractivity contribution in [1.29, 1.82) is 0 Å². The number of Topliss-reactive ketones (excluding diaryl/α,β-unsaturated/α-hetero) is 1. The van der Waals surface area contributed by atoms with Gasteiger partial charge in [0.05, 0.1) is 11.6 Å². The van der Waals surface area contributed by atoms with E-state index in [0.717, 1.165) is 29.4 Å². The molecule has 108 valence electrons. The molecule has 0 saturated carbocycles. The van der Waals surface area contributed by atoms with E-state index in [0.29, 0.717) is 11.6 Å². The molecule has 2 aromatic rings. The second-order valence-electron chi connectivity index (χ2n) is 4.88. The lowest BCUT2D eigenvalue weighted by atomic mass is 10.00. The van der Waals surface area contributed by atoms with Gasteiger partial charge in [0.15, 0.2) is 5.78 Å². The van der Waals surface area contributed by atoms with E-state index in [2.05, 4.69) is 0 Å². The molecule has 0 unspecified atom stereocenters. The molecule has 0 radical (unpaired) electrons. The first kappa shape index (κ1) is 14.4. The monoisotopic (exact) mass is 324 g/mol. The number of hydrogen-bond donors (Lipinski definition) is 0. The summed E-state index contributed by atoms with van der Waals surface area (Å²) >= 11 is 11.7. The number of ketones is 1. The molecule has 2 aromatic carbocycles. The maximum absolute atomic E-state index is 13.4. The number of ether oxygens (including phenoxy) is 1. The summed E-state index contributed by atoms with van der Waals surface area (Å²) in [6, 6.07) is 7.61. The number of hydrogen-bond acceptors (Lipinski definition) is 2. The first-order chi connectivity index (χ1) is 10.0. The Morgan fingerprint density at radius 3 is 2.81 bits per heavy atom. The van der Waals surface area contributed by atoms with Crippen LogP contribution in [0.4, 0.5) is 4.39 Å². The molecule has 0 spiro atoms. The molecule has 0 N–H and O–H groups in total. The van der Waals surface area contributed by atoms with Gasteiger partial charge in [-0.1, -0.05) is 23.2 Å². The van der Waals surface area contributed by atoms with Gasteiger partial charge in [-0.05, 0) is 35.9 Å². The summed E-state index contributed by atoms with van der Waals surface area (Å²) in [4.78, 5) is 12.3. The number of carbonyl (C=O) groups excluding carboxylic acids is 1. The van der Waals surface area contributed by atoms with Gasteiger partial charge < -0.3 is 4.74 Å². The third-order valence-corrected chi connectivity index (χ3v) is 3.94. The van der Waals surface area contributed by atoms with Crippen molar-refractivity contribution in [3.63, 3.8) is 0 Å². The zero-order valence-electron chi connectivity index (χ0n) is 11.0. The Hall–Kier alpha value is -1.58. The van der Waals surface area contributed by atoms with Crippen molar-refractivity contribution in [2.75, 3.05) is 6.61 Å². The summed E-state index contributed by atoms with van der Waals surface area (Å²) in [5.41, 5.74) is 2.02. The fourth-order valence-electron chi connectivity index (χ4n) is 2.42. The molecular weight excluding hydrogens is 314 g/mol. The summed E-state index contributed by atoms with van der Waals surface area (Å²) in [7, 11) is 0. The summed E-state index contributed by atoms with van der Waals surface area (Å²) in [6.45, 7) is 0.590. The summed E-state index contributed by atoms with van der Waals surface area (Å²) < 4.78 is 19.0. The van der Waals surface area contributed by atoms with Crippen LogP contribution in [-0.4, -0.2) is 12.4 Å². The summed E-state index contributed by atoms with van der Waals surface area (Å²) in [6.07, 6.45) is 0.899. The highest BCUT2D eigenvalue weighted by Gasteiger charge is 2.20. The minimum Gasteiger partial charge on any atom is -0.493 e. The average Bonchev–Trinajstić information content (AvgIpc) is 2.90. The molecule has 0 fully saturated rings. The van der Waals surface area contributed by atoms with Gasteiger partial charge in [-0.2, -0.15) is 0 Å². The zero-order chi connectivity index (χ0) is 15.0. The molecule has 0 aromatic heterocycles. The topological polar surface area (TPSA) is 26.3 Å².